The third-order valence-electron chi connectivity index (χ3n) is 2.35. The molecule has 1 aromatic heterocycles. The van der Waals surface area contributed by atoms with Gasteiger partial charge >= 0.3 is 0 Å². The van der Waals surface area contributed by atoms with Crippen molar-refractivity contribution in [2.75, 3.05) is 7.11 Å². The van der Waals surface area contributed by atoms with E-state index in [9.17, 15) is 4.79 Å². The van der Waals surface area contributed by atoms with Crippen LogP contribution < -0.4 is 6.15 Å². The Morgan fingerprint density at radius 2 is 1.67 bits per heavy atom. The normalized spacial score (nSPS) is 13.8. The summed E-state index contributed by atoms with van der Waals surface area (Å²) in [7, 11) is 1.00. The summed E-state index contributed by atoms with van der Waals surface area (Å²) >= 11 is 0. The van der Waals surface area contributed by atoms with Gasteiger partial charge in [-0.15, -0.1) is 0 Å². The second-order valence-electron chi connectivity index (χ2n) is 3.99. The molecule has 1 aromatic rings. The van der Waals surface area contributed by atoms with E-state index in [1.165, 1.54) is 18.7 Å². The van der Waals surface area contributed by atoms with Crippen LogP contribution in [0.4, 0.5) is 0 Å². The lowest BCUT2D eigenvalue weighted by molar-refractivity contribution is -0.122. The average molecular weight is 303 g/mol. The molecule has 2 aliphatic carbocycles. The molecular formula is C13H25N3O5. The molecule has 7 N–H and O–H groups in total. The smallest absolute Gasteiger partial charge is 0.182 e. The lowest BCUT2D eigenvalue weighted by Gasteiger charge is -1.82. The Labute approximate surface area is 123 Å². The van der Waals surface area contributed by atoms with Crippen molar-refractivity contribution in [2.24, 2.45) is 5.92 Å². The minimum absolute atomic E-state index is 0. The molecule has 2 fully saturated rings. The van der Waals surface area contributed by atoms with Crippen molar-refractivity contribution in [1.82, 2.24) is 16.1 Å². The van der Waals surface area contributed by atoms with Gasteiger partial charge in [0.2, 0.25) is 0 Å². The van der Waals surface area contributed by atoms with Gasteiger partial charge in [-0.05, 0) is 25.7 Å². The predicted octanol–water partition coefficient (Wildman–Crippen LogP) is 0.212. The molecule has 0 atom stereocenters. The summed E-state index contributed by atoms with van der Waals surface area (Å²) in [6, 6.07) is 0. The number of aliphatic hydroxyl groups excluding tert-OH is 1. The zero-order chi connectivity index (χ0) is 14.5. The van der Waals surface area contributed by atoms with E-state index in [4.69, 9.17) is 14.7 Å². The van der Waals surface area contributed by atoms with Gasteiger partial charge in [-0.25, -0.2) is 4.98 Å². The molecule has 0 amide bonds. The van der Waals surface area contributed by atoms with Crippen LogP contribution in [-0.4, -0.2) is 46.5 Å². The highest BCUT2D eigenvalue weighted by atomic mass is 16.2. The summed E-state index contributed by atoms with van der Waals surface area (Å²) in [5.74, 6) is 2.39. The first kappa shape index (κ1) is 24.1. The van der Waals surface area contributed by atoms with Crippen LogP contribution in [0.5, 0.6) is 0 Å². The van der Waals surface area contributed by atoms with E-state index < -0.39 is 0 Å². The molecule has 0 saturated heterocycles. The number of rotatable bonds is 3. The van der Waals surface area contributed by atoms with Crippen molar-refractivity contribution in [1.29, 1.82) is 0 Å². The molecule has 0 unspecified atom stereocenters. The zero-order valence-corrected chi connectivity index (χ0v) is 12.2. The molecule has 0 aliphatic heterocycles. The quantitative estimate of drug-likeness (QED) is 0.533. The Kier molecular flexibility index (Phi) is 18.6. The second kappa shape index (κ2) is 16.2. The Balaban J connectivity index is -0.000000222. The van der Waals surface area contributed by atoms with E-state index in [0.29, 0.717) is 5.92 Å². The zero-order valence-electron chi connectivity index (χ0n) is 12.2. The third kappa shape index (κ3) is 14.3. The summed E-state index contributed by atoms with van der Waals surface area (Å²) in [4.78, 5) is 34.4. The topological polar surface area (TPSA) is 167 Å². The van der Waals surface area contributed by atoms with Gasteiger partial charge in [-0.1, -0.05) is 0 Å². The van der Waals surface area contributed by atoms with Crippen molar-refractivity contribution in [3.8, 4) is 0 Å². The summed E-state index contributed by atoms with van der Waals surface area (Å²) < 4.78 is 0. The molecule has 1 heterocycles. The molecule has 2 aliphatic rings. The van der Waals surface area contributed by atoms with Crippen molar-refractivity contribution < 1.29 is 25.0 Å². The molecular weight excluding hydrogens is 278 g/mol. The number of hydrogen-bond acceptors (Lipinski definition) is 6. The van der Waals surface area contributed by atoms with Gasteiger partial charge < -0.3 is 26.5 Å². The van der Waals surface area contributed by atoms with Gasteiger partial charge in [-0.2, -0.15) is 0 Å². The van der Waals surface area contributed by atoms with Crippen molar-refractivity contribution in [2.45, 2.75) is 31.6 Å². The van der Waals surface area contributed by atoms with E-state index in [0.717, 1.165) is 32.2 Å². The number of aromatic nitrogens is 2. The first-order valence-corrected chi connectivity index (χ1v) is 6.10. The molecule has 0 aromatic carbocycles. The highest BCUT2D eigenvalue weighted by Crippen LogP contribution is 2.37. The van der Waals surface area contributed by atoms with E-state index in [-0.39, 0.29) is 24.2 Å². The number of carbonyl (C=O) groups is 3. The van der Waals surface area contributed by atoms with Crippen LogP contribution in [0.1, 0.15) is 37.4 Å². The van der Waals surface area contributed by atoms with Gasteiger partial charge in [0, 0.05) is 31.3 Å². The predicted molar refractivity (Wildman–Crippen MR) is 78.3 cm³/mol. The van der Waals surface area contributed by atoms with E-state index in [1.807, 2.05) is 12.4 Å². The highest BCUT2D eigenvalue weighted by molar-refractivity contribution is 6.09. The van der Waals surface area contributed by atoms with Gasteiger partial charge in [0.25, 0.3) is 0 Å². The second-order valence-corrected chi connectivity index (χ2v) is 3.99. The monoisotopic (exact) mass is 303 g/mol. The van der Waals surface area contributed by atoms with Crippen LogP contribution in [0.15, 0.2) is 12.4 Å². The van der Waals surface area contributed by atoms with Crippen LogP contribution in [-0.2, 0) is 14.4 Å². The number of nitrogens with zero attached hydrogens (tertiary/aromatic N) is 1. The highest BCUT2D eigenvalue weighted by Gasteiger charge is 2.25. The van der Waals surface area contributed by atoms with Crippen molar-refractivity contribution >= 4 is 18.9 Å². The maximum Gasteiger partial charge on any atom is 0.182 e. The van der Waals surface area contributed by atoms with Gasteiger partial charge in [0.1, 0.15) is 12.1 Å². The lowest BCUT2D eigenvalue weighted by Crippen LogP contribution is -1.78. The number of H-pyrrole nitrogens is 1. The minimum Gasteiger partial charge on any atom is -0.412 e. The molecule has 0 spiro atoms. The number of aldehydes is 3. The Morgan fingerprint density at radius 1 is 1.14 bits per heavy atom. The fourth-order valence-electron chi connectivity index (χ4n) is 1.09. The molecule has 2 saturated carbocycles. The van der Waals surface area contributed by atoms with Crippen LogP contribution in [0.3, 0.4) is 0 Å². The molecule has 0 radical (unpaired) electrons. The molecule has 3 rings (SSSR count). The number of aliphatic hydroxyl groups is 1. The van der Waals surface area contributed by atoms with Gasteiger partial charge in [0.05, 0.1) is 0 Å². The summed E-state index contributed by atoms with van der Waals surface area (Å²) in [6.45, 7) is 0. The van der Waals surface area contributed by atoms with Crippen LogP contribution in [0, 0.1) is 5.92 Å². The fraction of sp³-hybridized carbons (Fsp3) is 0.538. The number of hydrogen-bond donors (Lipinski definition) is 3. The third-order valence-corrected chi connectivity index (χ3v) is 2.35. The molecule has 122 valence electrons. The molecule has 21 heavy (non-hydrogen) atoms. The standard InChI is InChI=1S/C6H8N2.C4H6O.C2H2O2.CH4O.H3N.H2O/c1-2-5(1)6-7-3-4-8-6;5-3-4-1-2-4;3-1-2-4;1-2;;/h3-5H,1-2H2,(H,7,8);3-4H,1-2H2;1-2H;2H,1H3;1H3;1H2. The minimum atomic E-state index is 0. The maximum atomic E-state index is 9.57. The Morgan fingerprint density at radius 3 is 1.86 bits per heavy atom. The van der Waals surface area contributed by atoms with Crippen LogP contribution in [0.25, 0.3) is 0 Å². The summed E-state index contributed by atoms with van der Waals surface area (Å²) in [5.41, 5.74) is 0. The molecule has 8 nitrogen and oxygen atoms in total. The lowest BCUT2D eigenvalue weighted by atomic mass is 10.4. The van der Waals surface area contributed by atoms with E-state index in [1.54, 1.807) is 0 Å². The number of imidazole rings is 1. The largest absolute Gasteiger partial charge is 0.412 e. The molecule has 8 heteroatoms. The Hall–Kier alpha value is -1.90. The number of nitrogens with one attached hydrogen (secondary N) is 1. The fourth-order valence-corrected chi connectivity index (χ4v) is 1.09. The number of carbonyl (C=O) groups excluding carboxylic acids is 3. The maximum absolute atomic E-state index is 9.57. The average Bonchev–Trinajstić information content (AvgIpc) is 3.42. The summed E-state index contributed by atoms with van der Waals surface area (Å²) in [5, 5.41) is 7.00. The Bertz CT molecular complexity index is 343. The van der Waals surface area contributed by atoms with Gasteiger partial charge in [0.15, 0.2) is 12.6 Å². The van der Waals surface area contributed by atoms with Crippen molar-refractivity contribution in [3.63, 3.8) is 0 Å². The first-order chi connectivity index (χ1) is 9.31. The van der Waals surface area contributed by atoms with Crippen LogP contribution >= 0.6 is 0 Å². The van der Waals surface area contributed by atoms with E-state index >= 15 is 0 Å². The first-order valence-electron chi connectivity index (χ1n) is 6.10. The van der Waals surface area contributed by atoms with Crippen molar-refractivity contribution in [3.05, 3.63) is 18.2 Å². The van der Waals surface area contributed by atoms with E-state index in [2.05, 4.69) is 9.97 Å². The van der Waals surface area contributed by atoms with Gasteiger partial charge in [-0.3, -0.25) is 9.59 Å². The van der Waals surface area contributed by atoms with Crippen LogP contribution in [0.2, 0.25) is 0 Å². The summed E-state index contributed by atoms with van der Waals surface area (Å²) in [6.07, 6.45) is 10.1. The number of aromatic amines is 1. The molecule has 0 bridgehead atoms. The SMILES string of the molecule is CO.N.O.O=CC1CC1.O=CC=O.c1c[nH]c(C2CC2)n1.